The van der Waals surface area contributed by atoms with E-state index in [2.05, 4.69) is 12.6 Å². The van der Waals surface area contributed by atoms with Gasteiger partial charge in [-0.3, -0.25) is 15.5 Å². The first-order chi connectivity index (χ1) is 3.13. The molecule has 0 saturated carbocycles. The highest BCUT2D eigenvalue weighted by atomic mass is 32.1. The fourth-order valence-corrected chi connectivity index (χ4v) is 0.236. The summed E-state index contributed by atoms with van der Waals surface area (Å²) in [7, 11) is 0. The van der Waals surface area contributed by atoms with Crippen molar-refractivity contribution in [2.24, 2.45) is 5.73 Å². The Kier molecular flexibility index (Phi) is 2.21. The summed E-state index contributed by atoms with van der Waals surface area (Å²) in [6.07, 6.45) is 0. The molecule has 0 saturated heterocycles. The summed E-state index contributed by atoms with van der Waals surface area (Å²) >= 11 is 3.27. The Morgan fingerprint density at radius 2 is 2.29 bits per heavy atom. The van der Waals surface area contributed by atoms with Crippen molar-refractivity contribution in [3.63, 3.8) is 0 Å². The predicted octanol–water partition coefficient (Wildman–Crippen LogP) is -0.481. The number of carbonyl (C=O) groups is 1. The SMILES string of the molecule is N=C(N)NC(=O)S. The van der Waals surface area contributed by atoms with Gasteiger partial charge in [-0.1, -0.05) is 12.6 Å². The van der Waals surface area contributed by atoms with Crippen molar-refractivity contribution in [1.82, 2.24) is 5.32 Å². The molecule has 0 unspecified atom stereocenters. The molecule has 0 heterocycles. The third-order valence-corrected chi connectivity index (χ3v) is 0.353. The van der Waals surface area contributed by atoms with Crippen molar-refractivity contribution in [1.29, 1.82) is 5.41 Å². The van der Waals surface area contributed by atoms with Crippen LogP contribution < -0.4 is 11.1 Å². The Hall–Kier alpha value is -0.710. The molecule has 0 aromatic rings. The molecule has 5 heteroatoms. The molecule has 0 aliphatic heterocycles. The van der Waals surface area contributed by atoms with Crippen LogP contribution in [0.5, 0.6) is 0 Å². The summed E-state index contributed by atoms with van der Waals surface area (Å²) in [4.78, 5) is 9.79. The van der Waals surface area contributed by atoms with Crippen molar-refractivity contribution in [3.05, 3.63) is 0 Å². The summed E-state index contributed by atoms with van der Waals surface area (Å²) in [5.41, 5.74) is 4.70. The lowest BCUT2D eigenvalue weighted by Gasteiger charge is -1.91. The van der Waals surface area contributed by atoms with Gasteiger partial charge in [-0.15, -0.1) is 0 Å². The average Bonchev–Trinajstić information content (AvgIpc) is 1.27. The molecule has 0 aliphatic carbocycles. The van der Waals surface area contributed by atoms with Crippen LogP contribution in [0.25, 0.3) is 0 Å². The quantitative estimate of drug-likeness (QED) is 0.197. The normalized spacial score (nSPS) is 7.57. The van der Waals surface area contributed by atoms with Gasteiger partial charge >= 0.3 is 0 Å². The molecule has 7 heavy (non-hydrogen) atoms. The number of nitrogens with two attached hydrogens (primary N) is 1. The van der Waals surface area contributed by atoms with E-state index < -0.39 is 5.24 Å². The lowest BCUT2D eigenvalue weighted by molar-refractivity contribution is 0.264. The minimum atomic E-state index is -0.618. The molecule has 1 amide bonds. The van der Waals surface area contributed by atoms with E-state index in [1.165, 1.54) is 0 Å². The van der Waals surface area contributed by atoms with Crippen LogP contribution in [0.1, 0.15) is 0 Å². The van der Waals surface area contributed by atoms with Gasteiger partial charge in [-0.2, -0.15) is 0 Å². The molecule has 0 spiro atoms. The number of nitrogens with one attached hydrogen (secondary N) is 2. The van der Waals surface area contributed by atoms with Crippen molar-refractivity contribution < 1.29 is 4.79 Å². The summed E-state index contributed by atoms with van der Waals surface area (Å²) < 4.78 is 0. The van der Waals surface area contributed by atoms with Gasteiger partial charge in [0.05, 0.1) is 0 Å². The van der Waals surface area contributed by atoms with Crippen molar-refractivity contribution in [2.75, 3.05) is 0 Å². The van der Waals surface area contributed by atoms with E-state index in [-0.39, 0.29) is 5.96 Å². The zero-order valence-corrected chi connectivity index (χ0v) is 4.33. The third-order valence-electron chi connectivity index (χ3n) is 0.242. The fraction of sp³-hybridized carbons (Fsp3) is 0. The van der Waals surface area contributed by atoms with E-state index in [1.54, 1.807) is 0 Å². The van der Waals surface area contributed by atoms with Crippen LogP contribution in [0.15, 0.2) is 0 Å². The number of amides is 1. The van der Waals surface area contributed by atoms with Crippen LogP contribution in [-0.4, -0.2) is 11.2 Å². The maximum atomic E-state index is 9.79. The Balaban J connectivity index is 3.32. The number of thiol groups is 1. The summed E-state index contributed by atoms with van der Waals surface area (Å²) in [5, 5.41) is 7.70. The highest BCUT2D eigenvalue weighted by Crippen LogP contribution is 1.70. The maximum Gasteiger partial charge on any atom is 0.282 e. The smallest absolute Gasteiger partial charge is 0.282 e. The van der Waals surface area contributed by atoms with Crippen molar-refractivity contribution in [3.8, 4) is 0 Å². The molecule has 0 fully saturated rings. The summed E-state index contributed by atoms with van der Waals surface area (Å²) in [6.45, 7) is 0. The largest absolute Gasteiger partial charge is 0.370 e. The van der Waals surface area contributed by atoms with Crippen molar-refractivity contribution in [2.45, 2.75) is 0 Å². The number of hydrogen-bond donors (Lipinski definition) is 4. The molecule has 0 aliphatic rings. The van der Waals surface area contributed by atoms with E-state index in [9.17, 15) is 4.79 Å². The van der Waals surface area contributed by atoms with Gasteiger partial charge in [-0.25, -0.2) is 0 Å². The molecule has 0 atom stereocenters. The van der Waals surface area contributed by atoms with E-state index >= 15 is 0 Å². The van der Waals surface area contributed by atoms with E-state index in [0.29, 0.717) is 0 Å². The zero-order chi connectivity index (χ0) is 5.86. The molecule has 0 aromatic heterocycles. The van der Waals surface area contributed by atoms with Crippen LogP contribution in [-0.2, 0) is 0 Å². The van der Waals surface area contributed by atoms with Crippen molar-refractivity contribution >= 4 is 23.8 Å². The first-order valence-corrected chi connectivity index (χ1v) is 1.91. The highest BCUT2D eigenvalue weighted by Gasteiger charge is 1.88. The van der Waals surface area contributed by atoms with E-state index in [1.807, 2.05) is 5.32 Å². The minimum absolute atomic E-state index is 0.389. The molecule has 0 rings (SSSR count). The molecule has 0 radical (unpaired) electrons. The fourth-order valence-electron chi connectivity index (χ4n) is 0.115. The van der Waals surface area contributed by atoms with Crippen LogP contribution in [0, 0.1) is 5.41 Å². The Bertz CT molecular complexity index is 89.1. The lowest BCUT2D eigenvalue weighted by atomic mass is 11.0. The molecule has 0 bridgehead atoms. The molecule has 4 N–H and O–H groups in total. The van der Waals surface area contributed by atoms with Gasteiger partial charge in [0.15, 0.2) is 5.96 Å². The molecular weight excluding hydrogens is 114 g/mol. The first kappa shape index (κ1) is 6.29. The average molecular weight is 119 g/mol. The monoisotopic (exact) mass is 119 g/mol. The standard InChI is InChI=1S/C2H5N3OS/c3-1(4)5-2(6)7/h(H5,3,4,5,6,7). The topological polar surface area (TPSA) is 79.0 Å². The Labute approximate surface area is 46.0 Å². The van der Waals surface area contributed by atoms with Gasteiger partial charge in [0, 0.05) is 0 Å². The third kappa shape index (κ3) is 5.29. The summed E-state index contributed by atoms with van der Waals surface area (Å²) in [6, 6.07) is 0. The molecule has 0 aromatic carbocycles. The Morgan fingerprint density at radius 3 is 2.29 bits per heavy atom. The van der Waals surface area contributed by atoms with Crippen LogP contribution in [0.4, 0.5) is 4.79 Å². The van der Waals surface area contributed by atoms with Gasteiger partial charge in [0.1, 0.15) is 0 Å². The number of guanidine groups is 1. The second kappa shape index (κ2) is 2.46. The van der Waals surface area contributed by atoms with E-state index in [0.717, 1.165) is 0 Å². The van der Waals surface area contributed by atoms with E-state index in [4.69, 9.17) is 11.1 Å². The maximum absolute atomic E-state index is 9.79. The van der Waals surface area contributed by atoms with Crippen LogP contribution >= 0.6 is 12.6 Å². The molecule has 40 valence electrons. The van der Waals surface area contributed by atoms with Gasteiger partial charge in [0.25, 0.3) is 5.24 Å². The Morgan fingerprint density at radius 1 is 1.86 bits per heavy atom. The zero-order valence-electron chi connectivity index (χ0n) is 3.43. The summed E-state index contributed by atoms with van der Waals surface area (Å²) in [5.74, 6) is -0.389. The second-order valence-corrected chi connectivity index (χ2v) is 1.25. The van der Waals surface area contributed by atoms with Gasteiger partial charge in [-0.05, 0) is 0 Å². The lowest BCUT2D eigenvalue weighted by Crippen LogP contribution is -2.31. The molecular formula is C2H5N3OS. The van der Waals surface area contributed by atoms with Gasteiger partial charge < -0.3 is 5.73 Å². The number of carbonyl (C=O) groups excluding carboxylic acids is 1. The second-order valence-electron chi connectivity index (χ2n) is 0.844. The number of hydrogen-bond acceptors (Lipinski definition) is 2. The predicted molar refractivity (Wildman–Crippen MR) is 29.4 cm³/mol. The van der Waals surface area contributed by atoms with Gasteiger partial charge in [0.2, 0.25) is 0 Å². The van der Waals surface area contributed by atoms with Crippen LogP contribution in [0.3, 0.4) is 0 Å². The first-order valence-electron chi connectivity index (χ1n) is 1.47. The highest BCUT2D eigenvalue weighted by molar-refractivity contribution is 7.96. The minimum Gasteiger partial charge on any atom is -0.370 e. The van der Waals surface area contributed by atoms with Crippen LogP contribution in [0.2, 0.25) is 0 Å². The number of rotatable bonds is 0. The molecule has 4 nitrogen and oxygen atoms in total.